The van der Waals surface area contributed by atoms with E-state index >= 15 is 0 Å². The van der Waals surface area contributed by atoms with E-state index in [9.17, 15) is 9.90 Å². The van der Waals surface area contributed by atoms with Gasteiger partial charge in [0.2, 0.25) is 0 Å². The van der Waals surface area contributed by atoms with Crippen LogP contribution < -0.4 is 0 Å². The molecule has 1 N–H and O–H groups in total. The van der Waals surface area contributed by atoms with E-state index in [1.54, 1.807) is 0 Å². The van der Waals surface area contributed by atoms with Crippen LogP contribution in [0, 0.1) is 0 Å². The molecule has 1 atom stereocenters. The van der Waals surface area contributed by atoms with Crippen molar-refractivity contribution in [2.75, 3.05) is 32.9 Å². The van der Waals surface area contributed by atoms with Gasteiger partial charge in [-0.3, -0.25) is 9.69 Å². The van der Waals surface area contributed by atoms with Crippen LogP contribution in [0.15, 0.2) is 24.3 Å². The zero-order chi connectivity index (χ0) is 14.5. The molecular weight excluding hydrogens is 254 g/mol. The van der Waals surface area contributed by atoms with Crippen molar-refractivity contribution in [1.82, 2.24) is 4.90 Å². The van der Waals surface area contributed by atoms with Gasteiger partial charge in [0.15, 0.2) is 5.78 Å². The standard InChI is InChI=1S/C16H23NO3/c1-12(2)13-3-5-14(6-4-13)16(19)9-17-7-8-20-11-15(17)10-18/h3-6,12,15,18H,7-11H2,1-2H3. The molecule has 2 rings (SSSR count). The third kappa shape index (κ3) is 3.66. The van der Waals surface area contributed by atoms with E-state index in [0.29, 0.717) is 32.2 Å². The van der Waals surface area contributed by atoms with Crippen molar-refractivity contribution < 1.29 is 14.6 Å². The van der Waals surface area contributed by atoms with Gasteiger partial charge in [-0.1, -0.05) is 38.1 Å². The van der Waals surface area contributed by atoms with Crippen LogP contribution in [0.2, 0.25) is 0 Å². The number of hydrogen-bond donors (Lipinski definition) is 1. The molecular formula is C16H23NO3. The zero-order valence-electron chi connectivity index (χ0n) is 12.2. The Morgan fingerprint density at radius 2 is 2.10 bits per heavy atom. The summed E-state index contributed by atoms with van der Waals surface area (Å²) in [4.78, 5) is 14.3. The molecule has 0 radical (unpaired) electrons. The Morgan fingerprint density at radius 3 is 2.70 bits per heavy atom. The molecule has 1 aromatic carbocycles. The molecule has 20 heavy (non-hydrogen) atoms. The molecule has 1 aromatic rings. The van der Waals surface area contributed by atoms with Crippen molar-refractivity contribution in [3.8, 4) is 0 Å². The summed E-state index contributed by atoms with van der Waals surface area (Å²) in [7, 11) is 0. The predicted octanol–water partition coefficient (Wildman–Crippen LogP) is 1.69. The Balaban J connectivity index is 2.00. The van der Waals surface area contributed by atoms with Gasteiger partial charge in [0.1, 0.15) is 0 Å². The summed E-state index contributed by atoms with van der Waals surface area (Å²) in [5.74, 6) is 0.567. The number of carbonyl (C=O) groups is 1. The van der Waals surface area contributed by atoms with Gasteiger partial charge < -0.3 is 9.84 Å². The quantitative estimate of drug-likeness (QED) is 0.832. The second kappa shape index (κ2) is 6.97. The van der Waals surface area contributed by atoms with Gasteiger partial charge in [-0.15, -0.1) is 0 Å². The van der Waals surface area contributed by atoms with Crippen molar-refractivity contribution in [3.05, 3.63) is 35.4 Å². The largest absolute Gasteiger partial charge is 0.395 e. The lowest BCUT2D eigenvalue weighted by Crippen LogP contribution is -2.49. The van der Waals surface area contributed by atoms with Gasteiger partial charge in [0, 0.05) is 12.1 Å². The number of rotatable bonds is 5. The lowest BCUT2D eigenvalue weighted by Gasteiger charge is -2.33. The maximum Gasteiger partial charge on any atom is 0.176 e. The molecule has 110 valence electrons. The van der Waals surface area contributed by atoms with Gasteiger partial charge in [-0.25, -0.2) is 0 Å². The molecule has 0 aliphatic carbocycles. The molecule has 4 nitrogen and oxygen atoms in total. The first-order chi connectivity index (χ1) is 9.61. The Hall–Kier alpha value is -1.23. The fourth-order valence-electron chi connectivity index (χ4n) is 2.40. The number of benzene rings is 1. The fraction of sp³-hybridized carbons (Fsp3) is 0.562. The van der Waals surface area contributed by atoms with E-state index in [1.807, 2.05) is 29.2 Å². The molecule has 1 fully saturated rings. The maximum absolute atomic E-state index is 12.3. The highest BCUT2D eigenvalue weighted by atomic mass is 16.5. The summed E-state index contributed by atoms with van der Waals surface area (Å²) in [6.07, 6.45) is 0. The maximum atomic E-state index is 12.3. The molecule has 0 saturated carbocycles. The first kappa shape index (κ1) is 15.2. The molecule has 1 aliphatic rings. The van der Waals surface area contributed by atoms with E-state index in [1.165, 1.54) is 5.56 Å². The average Bonchev–Trinajstić information content (AvgIpc) is 2.48. The predicted molar refractivity (Wildman–Crippen MR) is 78.1 cm³/mol. The SMILES string of the molecule is CC(C)c1ccc(C(=O)CN2CCOCC2CO)cc1. The lowest BCUT2D eigenvalue weighted by molar-refractivity contribution is -0.0240. The van der Waals surface area contributed by atoms with Crippen molar-refractivity contribution >= 4 is 5.78 Å². The van der Waals surface area contributed by atoms with Crippen LogP contribution in [0.4, 0.5) is 0 Å². The smallest absolute Gasteiger partial charge is 0.176 e. The zero-order valence-corrected chi connectivity index (χ0v) is 12.2. The van der Waals surface area contributed by atoms with Crippen LogP contribution in [-0.4, -0.2) is 54.7 Å². The monoisotopic (exact) mass is 277 g/mol. The van der Waals surface area contributed by atoms with Gasteiger partial charge in [0.25, 0.3) is 0 Å². The minimum atomic E-state index is -0.0670. The highest BCUT2D eigenvalue weighted by molar-refractivity contribution is 5.97. The van der Waals surface area contributed by atoms with Crippen molar-refractivity contribution in [2.45, 2.75) is 25.8 Å². The van der Waals surface area contributed by atoms with Gasteiger partial charge in [-0.05, 0) is 11.5 Å². The van der Waals surface area contributed by atoms with E-state index in [4.69, 9.17) is 4.74 Å². The molecule has 1 heterocycles. The molecule has 1 unspecified atom stereocenters. The number of hydrogen-bond acceptors (Lipinski definition) is 4. The molecule has 0 bridgehead atoms. The Bertz CT molecular complexity index is 442. The fourth-order valence-corrected chi connectivity index (χ4v) is 2.40. The Morgan fingerprint density at radius 1 is 1.40 bits per heavy atom. The van der Waals surface area contributed by atoms with Crippen molar-refractivity contribution in [2.24, 2.45) is 0 Å². The first-order valence-electron chi connectivity index (χ1n) is 7.17. The minimum Gasteiger partial charge on any atom is -0.395 e. The van der Waals surface area contributed by atoms with Gasteiger partial charge in [-0.2, -0.15) is 0 Å². The van der Waals surface area contributed by atoms with Crippen LogP contribution in [0.5, 0.6) is 0 Å². The summed E-state index contributed by atoms with van der Waals surface area (Å²) in [6.45, 7) is 6.45. The van der Waals surface area contributed by atoms with Crippen LogP contribution in [0.1, 0.15) is 35.7 Å². The summed E-state index contributed by atoms with van der Waals surface area (Å²) in [5, 5.41) is 9.31. The molecule has 0 amide bonds. The number of morpholine rings is 1. The van der Waals surface area contributed by atoms with Crippen LogP contribution in [0.3, 0.4) is 0 Å². The summed E-state index contributed by atoms with van der Waals surface area (Å²) < 4.78 is 5.32. The molecule has 1 saturated heterocycles. The number of ketones is 1. The second-order valence-electron chi connectivity index (χ2n) is 5.58. The third-order valence-corrected chi connectivity index (χ3v) is 3.81. The number of Topliss-reactive ketones (excluding diaryl/α,β-unsaturated/α-hetero) is 1. The van der Waals surface area contributed by atoms with Crippen LogP contribution in [-0.2, 0) is 4.74 Å². The van der Waals surface area contributed by atoms with E-state index < -0.39 is 0 Å². The average molecular weight is 277 g/mol. The number of aliphatic hydroxyl groups excluding tert-OH is 1. The topological polar surface area (TPSA) is 49.8 Å². The molecule has 4 heteroatoms. The number of aliphatic hydroxyl groups is 1. The first-order valence-corrected chi connectivity index (χ1v) is 7.17. The van der Waals surface area contributed by atoms with Crippen LogP contribution >= 0.6 is 0 Å². The Kier molecular flexibility index (Phi) is 5.29. The van der Waals surface area contributed by atoms with E-state index in [2.05, 4.69) is 13.8 Å². The van der Waals surface area contributed by atoms with Crippen LogP contribution in [0.25, 0.3) is 0 Å². The van der Waals surface area contributed by atoms with E-state index in [-0.39, 0.29) is 18.4 Å². The summed E-state index contributed by atoms with van der Waals surface area (Å²) in [6, 6.07) is 7.75. The minimum absolute atomic E-state index is 0.0273. The highest BCUT2D eigenvalue weighted by Crippen LogP contribution is 2.16. The van der Waals surface area contributed by atoms with Gasteiger partial charge in [0.05, 0.1) is 32.4 Å². The Labute approximate surface area is 120 Å². The molecule has 1 aliphatic heterocycles. The second-order valence-corrected chi connectivity index (χ2v) is 5.58. The number of carbonyl (C=O) groups excluding carboxylic acids is 1. The lowest BCUT2D eigenvalue weighted by atomic mass is 10.0. The number of nitrogens with zero attached hydrogens (tertiary/aromatic N) is 1. The van der Waals surface area contributed by atoms with Gasteiger partial charge >= 0.3 is 0 Å². The number of ether oxygens (including phenoxy) is 1. The molecule has 0 aromatic heterocycles. The van der Waals surface area contributed by atoms with Crippen molar-refractivity contribution in [3.63, 3.8) is 0 Å². The summed E-state index contributed by atoms with van der Waals surface area (Å²) >= 11 is 0. The third-order valence-electron chi connectivity index (χ3n) is 3.81. The van der Waals surface area contributed by atoms with Crippen molar-refractivity contribution in [1.29, 1.82) is 0 Å². The molecule has 0 spiro atoms. The normalized spacial score (nSPS) is 20.3. The summed E-state index contributed by atoms with van der Waals surface area (Å²) in [5.41, 5.74) is 1.97. The van der Waals surface area contributed by atoms with E-state index in [0.717, 1.165) is 5.56 Å². The highest BCUT2D eigenvalue weighted by Gasteiger charge is 2.24.